The summed E-state index contributed by atoms with van der Waals surface area (Å²) in [6, 6.07) is 10.5. The quantitative estimate of drug-likeness (QED) is 0.794. The Morgan fingerprint density at radius 2 is 1.59 bits per heavy atom. The maximum atomic E-state index is 5.85. The largest absolute Gasteiger partial charge is 0.330 e. The molecule has 0 aliphatic heterocycles. The van der Waals surface area contributed by atoms with Gasteiger partial charge in [0.05, 0.1) is 0 Å². The zero-order valence-corrected chi connectivity index (χ0v) is 11.6. The molecule has 0 fully saturated rings. The Morgan fingerprint density at radius 3 is 2.12 bits per heavy atom. The van der Waals surface area contributed by atoms with Gasteiger partial charge >= 0.3 is 0 Å². The van der Waals surface area contributed by atoms with E-state index in [-0.39, 0.29) is 10.8 Å². The van der Waals surface area contributed by atoms with Crippen LogP contribution < -0.4 is 11.1 Å². The third-order valence-corrected chi connectivity index (χ3v) is 4.08. The van der Waals surface area contributed by atoms with Gasteiger partial charge in [0, 0.05) is 13.1 Å². The van der Waals surface area contributed by atoms with Gasteiger partial charge in [0.1, 0.15) is 0 Å². The molecule has 1 rings (SSSR count). The summed E-state index contributed by atoms with van der Waals surface area (Å²) in [5.74, 6) is 0. The van der Waals surface area contributed by atoms with Crippen molar-refractivity contribution in [3.8, 4) is 0 Å². The molecular weight excluding hydrogens is 208 g/mol. The predicted octanol–water partition coefficient (Wildman–Crippen LogP) is 2.79. The molecule has 3 N–H and O–H groups in total. The van der Waals surface area contributed by atoms with Crippen molar-refractivity contribution < 1.29 is 0 Å². The lowest BCUT2D eigenvalue weighted by Crippen LogP contribution is -2.45. The van der Waals surface area contributed by atoms with E-state index in [0.29, 0.717) is 6.54 Å². The first-order valence-electron chi connectivity index (χ1n) is 6.34. The third-order valence-electron chi connectivity index (χ3n) is 4.08. The van der Waals surface area contributed by atoms with Crippen LogP contribution in [-0.4, -0.2) is 13.1 Å². The average Bonchev–Trinajstić information content (AvgIpc) is 2.30. The summed E-state index contributed by atoms with van der Waals surface area (Å²) in [5.41, 5.74) is 7.52. The van der Waals surface area contributed by atoms with Gasteiger partial charge in [-0.05, 0) is 22.9 Å². The van der Waals surface area contributed by atoms with Crippen LogP contribution in [0.3, 0.4) is 0 Å². The van der Waals surface area contributed by atoms with E-state index in [2.05, 4.69) is 57.3 Å². The van der Waals surface area contributed by atoms with Crippen molar-refractivity contribution in [1.29, 1.82) is 0 Å². The van der Waals surface area contributed by atoms with E-state index in [4.69, 9.17) is 5.73 Å². The Hall–Kier alpha value is -0.860. The smallest absolute Gasteiger partial charge is 0.0205 e. The standard InChI is InChI=1S/C15H26N2/c1-14(2,11-16)15(3,4)12-17-10-13-8-6-5-7-9-13/h5-9,17H,10-12,16H2,1-4H3. The van der Waals surface area contributed by atoms with Crippen molar-refractivity contribution >= 4 is 0 Å². The van der Waals surface area contributed by atoms with Crippen molar-refractivity contribution in [1.82, 2.24) is 5.32 Å². The molecule has 1 aromatic rings. The Balaban J connectivity index is 2.46. The van der Waals surface area contributed by atoms with E-state index >= 15 is 0 Å². The van der Waals surface area contributed by atoms with Crippen molar-refractivity contribution in [2.45, 2.75) is 34.2 Å². The van der Waals surface area contributed by atoms with E-state index in [1.807, 2.05) is 6.07 Å². The highest BCUT2D eigenvalue weighted by atomic mass is 14.9. The van der Waals surface area contributed by atoms with Gasteiger partial charge in [0.25, 0.3) is 0 Å². The van der Waals surface area contributed by atoms with E-state index in [1.165, 1.54) is 5.56 Å². The molecule has 0 spiro atoms. The second kappa shape index (κ2) is 5.65. The minimum atomic E-state index is 0.149. The molecule has 17 heavy (non-hydrogen) atoms. The number of nitrogens with one attached hydrogen (secondary N) is 1. The minimum Gasteiger partial charge on any atom is -0.330 e. The molecular formula is C15H26N2. The summed E-state index contributed by atoms with van der Waals surface area (Å²) in [7, 11) is 0. The van der Waals surface area contributed by atoms with Crippen LogP contribution in [-0.2, 0) is 6.54 Å². The zero-order valence-electron chi connectivity index (χ0n) is 11.6. The number of hydrogen-bond donors (Lipinski definition) is 2. The van der Waals surface area contributed by atoms with Crippen LogP contribution in [0, 0.1) is 10.8 Å². The molecule has 0 heterocycles. The molecule has 0 aromatic heterocycles. The molecule has 0 aliphatic carbocycles. The van der Waals surface area contributed by atoms with E-state index in [1.54, 1.807) is 0 Å². The van der Waals surface area contributed by atoms with E-state index in [9.17, 15) is 0 Å². The maximum absolute atomic E-state index is 5.85. The molecule has 0 bridgehead atoms. The lowest BCUT2D eigenvalue weighted by molar-refractivity contribution is 0.116. The van der Waals surface area contributed by atoms with Crippen molar-refractivity contribution in [3.05, 3.63) is 35.9 Å². The number of benzene rings is 1. The first-order valence-corrected chi connectivity index (χ1v) is 6.34. The number of nitrogens with two attached hydrogens (primary N) is 1. The SMILES string of the molecule is CC(C)(CN)C(C)(C)CNCc1ccccc1. The Bertz CT molecular complexity index is 328. The van der Waals surface area contributed by atoms with Crippen LogP contribution >= 0.6 is 0 Å². The monoisotopic (exact) mass is 234 g/mol. The van der Waals surface area contributed by atoms with Gasteiger partial charge in [-0.2, -0.15) is 0 Å². The van der Waals surface area contributed by atoms with Gasteiger partial charge < -0.3 is 11.1 Å². The van der Waals surface area contributed by atoms with Crippen LogP contribution in [0.5, 0.6) is 0 Å². The summed E-state index contributed by atoms with van der Waals surface area (Å²) in [5, 5.41) is 3.53. The Morgan fingerprint density at radius 1 is 1.00 bits per heavy atom. The molecule has 1 aromatic carbocycles. The predicted molar refractivity (Wildman–Crippen MR) is 74.8 cm³/mol. The van der Waals surface area contributed by atoms with Gasteiger partial charge in [-0.25, -0.2) is 0 Å². The molecule has 0 aliphatic rings. The Labute approximate surface area is 106 Å². The summed E-state index contributed by atoms with van der Waals surface area (Å²) in [6.07, 6.45) is 0. The van der Waals surface area contributed by atoms with Crippen LogP contribution in [0.1, 0.15) is 33.3 Å². The van der Waals surface area contributed by atoms with Gasteiger partial charge in [-0.1, -0.05) is 58.0 Å². The van der Waals surface area contributed by atoms with Gasteiger partial charge in [0.15, 0.2) is 0 Å². The van der Waals surface area contributed by atoms with Crippen molar-refractivity contribution in [2.75, 3.05) is 13.1 Å². The van der Waals surface area contributed by atoms with Crippen LogP contribution in [0.2, 0.25) is 0 Å². The number of hydrogen-bond acceptors (Lipinski definition) is 2. The topological polar surface area (TPSA) is 38.0 Å². The zero-order chi connectivity index (χ0) is 12.9. The molecule has 0 atom stereocenters. The highest BCUT2D eigenvalue weighted by Gasteiger charge is 2.35. The fourth-order valence-electron chi connectivity index (χ4n) is 1.63. The van der Waals surface area contributed by atoms with Gasteiger partial charge in [0.2, 0.25) is 0 Å². The highest BCUT2D eigenvalue weighted by molar-refractivity contribution is 5.14. The summed E-state index contributed by atoms with van der Waals surface area (Å²) >= 11 is 0. The maximum Gasteiger partial charge on any atom is 0.0205 e. The summed E-state index contributed by atoms with van der Waals surface area (Å²) < 4.78 is 0. The van der Waals surface area contributed by atoms with Crippen molar-refractivity contribution in [2.24, 2.45) is 16.6 Å². The third kappa shape index (κ3) is 3.83. The lowest BCUT2D eigenvalue weighted by Gasteiger charge is -2.41. The minimum absolute atomic E-state index is 0.149. The fraction of sp³-hybridized carbons (Fsp3) is 0.600. The van der Waals surface area contributed by atoms with E-state index in [0.717, 1.165) is 13.1 Å². The van der Waals surface area contributed by atoms with Crippen LogP contribution in [0.15, 0.2) is 30.3 Å². The second-order valence-corrected chi connectivity index (χ2v) is 6.06. The fourth-order valence-corrected chi connectivity index (χ4v) is 1.63. The summed E-state index contributed by atoms with van der Waals surface area (Å²) in [4.78, 5) is 0. The first kappa shape index (κ1) is 14.2. The number of rotatable bonds is 6. The molecule has 96 valence electrons. The molecule has 0 amide bonds. The average molecular weight is 234 g/mol. The van der Waals surface area contributed by atoms with Crippen molar-refractivity contribution in [3.63, 3.8) is 0 Å². The van der Waals surface area contributed by atoms with Gasteiger partial charge in [-0.15, -0.1) is 0 Å². The molecule has 0 saturated heterocycles. The highest BCUT2D eigenvalue weighted by Crippen LogP contribution is 2.36. The van der Waals surface area contributed by atoms with Gasteiger partial charge in [-0.3, -0.25) is 0 Å². The Kier molecular flexibility index (Phi) is 4.72. The second-order valence-electron chi connectivity index (χ2n) is 6.06. The summed E-state index contributed by atoms with van der Waals surface area (Å²) in [6.45, 7) is 11.6. The normalized spacial score (nSPS) is 12.8. The van der Waals surface area contributed by atoms with Crippen LogP contribution in [0.25, 0.3) is 0 Å². The molecule has 2 nitrogen and oxygen atoms in total. The molecule has 0 saturated carbocycles. The van der Waals surface area contributed by atoms with E-state index < -0.39 is 0 Å². The first-order chi connectivity index (χ1) is 7.89. The molecule has 2 heteroatoms. The molecule has 0 unspecified atom stereocenters. The van der Waals surface area contributed by atoms with Crippen LogP contribution in [0.4, 0.5) is 0 Å². The lowest BCUT2D eigenvalue weighted by atomic mass is 9.68. The molecule has 0 radical (unpaired) electrons.